The van der Waals surface area contributed by atoms with Crippen LogP contribution in [0.5, 0.6) is 0 Å². The number of nitrogens with one attached hydrogen (secondary N) is 1. The number of aromatic nitrogens is 3. The molecule has 0 atom stereocenters. The van der Waals surface area contributed by atoms with Crippen LogP contribution in [-0.2, 0) is 16.6 Å². The molecule has 2 aromatic heterocycles. The molecule has 0 fully saturated rings. The molecular weight excluding hydrogens is 262 g/mol. The van der Waals surface area contributed by atoms with Crippen molar-refractivity contribution in [1.29, 1.82) is 0 Å². The molecule has 0 radical (unpaired) electrons. The van der Waals surface area contributed by atoms with Gasteiger partial charge in [0.15, 0.2) is 9.34 Å². The number of anilines is 1. The van der Waals surface area contributed by atoms with Crippen LogP contribution in [0.4, 0.5) is 5.13 Å². The Hall–Kier alpha value is -1.45. The monoisotopic (exact) mass is 273 g/mol. The summed E-state index contributed by atoms with van der Waals surface area (Å²) in [4.78, 5) is 3.92. The molecule has 0 spiro atoms. The standard InChI is InChI=1S/C8H11N5O2S2/c9-17(14,15)7-6-11-8(16-7)10-3-5-13-4-1-2-12-13/h1-2,4,6H,3,5H2,(H,10,11)(H2,9,14,15). The zero-order valence-electron chi connectivity index (χ0n) is 8.78. The number of hydrogen-bond acceptors (Lipinski definition) is 6. The first-order chi connectivity index (χ1) is 8.05. The molecule has 0 bridgehead atoms. The van der Waals surface area contributed by atoms with Gasteiger partial charge in [-0.15, -0.1) is 0 Å². The summed E-state index contributed by atoms with van der Waals surface area (Å²) >= 11 is 1.01. The minimum atomic E-state index is -3.65. The minimum Gasteiger partial charge on any atom is -0.360 e. The third-order valence-corrected chi connectivity index (χ3v) is 4.30. The molecule has 2 aromatic rings. The maximum absolute atomic E-state index is 11.0. The third kappa shape index (κ3) is 3.25. The summed E-state index contributed by atoms with van der Waals surface area (Å²) in [5, 5.41) is 12.5. The van der Waals surface area contributed by atoms with Gasteiger partial charge in [0, 0.05) is 18.9 Å². The predicted octanol–water partition coefficient (Wildman–Crippen LogP) is 0.0991. The van der Waals surface area contributed by atoms with Crippen molar-refractivity contribution >= 4 is 26.5 Å². The summed E-state index contributed by atoms with van der Waals surface area (Å²) in [6, 6.07) is 1.84. The van der Waals surface area contributed by atoms with Gasteiger partial charge < -0.3 is 5.32 Å². The van der Waals surface area contributed by atoms with E-state index in [2.05, 4.69) is 15.4 Å². The van der Waals surface area contributed by atoms with Crippen LogP contribution in [0.15, 0.2) is 28.9 Å². The lowest BCUT2D eigenvalue weighted by atomic mass is 10.6. The fraction of sp³-hybridized carbons (Fsp3) is 0.250. The molecule has 0 amide bonds. The largest absolute Gasteiger partial charge is 0.360 e. The molecule has 3 N–H and O–H groups in total. The molecule has 9 heteroatoms. The van der Waals surface area contributed by atoms with Gasteiger partial charge in [-0.05, 0) is 6.07 Å². The van der Waals surface area contributed by atoms with E-state index in [0.717, 1.165) is 11.3 Å². The number of primary sulfonamides is 1. The first-order valence-corrected chi connectivity index (χ1v) is 7.12. The van der Waals surface area contributed by atoms with Gasteiger partial charge in [0.05, 0.1) is 12.7 Å². The molecule has 0 saturated heterocycles. The molecule has 0 aromatic carbocycles. The summed E-state index contributed by atoms with van der Waals surface area (Å²) in [5.41, 5.74) is 0. The van der Waals surface area contributed by atoms with Crippen molar-refractivity contribution in [3.63, 3.8) is 0 Å². The third-order valence-electron chi connectivity index (χ3n) is 1.94. The van der Waals surface area contributed by atoms with E-state index >= 15 is 0 Å². The lowest BCUT2D eigenvalue weighted by Gasteiger charge is -2.02. The van der Waals surface area contributed by atoms with Gasteiger partial charge in [-0.2, -0.15) is 5.10 Å². The van der Waals surface area contributed by atoms with Crippen LogP contribution in [0.3, 0.4) is 0 Å². The highest BCUT2D eigenvalue weighted by Gasteiger charge is 2.12. The van der Waals surface area contributed by atoms with E-state index in [1.165, 1.54) is 6.20 Å². The van der Waals surface area contributed by atoms with Crippen molar-refractivity contribution in [3.8, 4) is 0 Å². The summed E-state index contributed by atoms with van der Waals surface area (Å²) in [6.07, 6.45) is 4.79. The Labute approximate surface area is 102 Å². The van der Waals surface area contributed by atoms with Gasteiger partial charge in [0.2, 0.25) is 10.0 Å². The average molecular weight is 273 g/mol. The first-order valence-electron chi connectivity index (χ1n) is 4.75. The SMILES string of the molecule is NS(=O)(=O)c1cnc(NCCn2cccn2)s1. The zero-order chi connectivity index (χ0) is 12.3. The Morgan fingerprint density at radius 3 is 2.94 bits per heavy atom. The highest BCUT2D eigenvalue weighted by atomic mass is 32.2. The highest BCUT2D eigenvalue weighted by molar-refractivity contribution is 7.91. The fourth-order valence-corrected chi connectivity index (χ4v) is 2.66. The van der Waals surface area contributed by atoms with Crippen molar-refractivity contribution in [2.45, 2.75) is 10.8 Å². The van der Waals surface area contributed by atoms with Crippen molar-refractivity contribution in [1.82, 2.24) is 14.8 Å². The van der Waals surface area contributed by atoms with E-state index in [1.54, 1.807) is 10.9 Å². The Morgan fingerprint density at radius 2 is 2.35 bits per heavy atom. The van der Waals surface area contributed by atoms with Crippen molar-refractivity contribution in [2.24, 2.45) is 5.14 Å². The average Bonchev–Trinajstić information content (AvgIpc) is 2.86. The van der Waals surface area contributed by atoms with Crippen LogP contribution in [0.1, 0.15) is 0 Å². The summed E-state index contributed by atoms with van der Waals surface area (Å²) in [7, 11) is -3.65. The topological polar surface area (TPSA) is 103 Å². The molecular formula is C8H11N5O2S2. The minimum absolute atomic E-state index is 0.0547. The summed E-state index contributed by atoms with van der Waals surface area (Å²) in [6.45, 7) is 1.29. The molecule has 2 rings (SSSR count). The van der Waals surface area contributed by atoms with E-state index < -0.39 is 10.0 Å². The number of nitrogens with zero attached hydrogens (tertiary/aromatic N) is 3. The number of rotatable bonds is 5. The Morgan fingerprint density at radius 1 is 1.53 bits per heavy atom. The first kappa shape index (κ1) is 12.0. The van der Waals surface area contributed by atoms with Gasteiger partial charge in [0.1, 0.15) is 0 Å². The normalized spacial score (nSPS) is 11.6. The maximum atomic E-state index is 11.0. The number of thiazole rings is 1. The smallest absolute Gasteiger partial charge is 0.249 e. The number of hydrogen-bond donors (Lipinski definition) is 2. The molecule has 92 valence electrons. The lowest BCUT2D eigenvalue weighted by molar-refractivity contribution is 0.599. The van der Waals surface area contributed by atoms with E-state index in [-0.39, 0.29) is 4.21 Å². The predicted molar refractivity (Wildman–Crippen MR) is 64.2 cm³/mol. The van der Waals surface area contributed by atoms with Crippen LogP contribution in [0.25, 0.3) is 0 Å². The quantitative estimate of drug-likeness (QED) is 0.804. The number of sulfonamides is 1. The fourth-order valence-electron chi connectivity index (χ4n) is 1.18. The highest BCUT2D eigenvalue weighted by Crippen LogP contribution is 2.20. The lowest BCUT2D eigenvalue weighted by Crippen LogP contribution is -2.10. The van der Waals surface area contributed by atoms with Crippen LogP contribution < -0.4 is 10.5 Å². The molecule has 7 nitrogen and oxygen atoms in total. The number of nitrogens with two attached hydrogens (primary N) is 1. The van der Waals surface area contributed by atoms with Crippen molar-refractivity contribution in [3.05, 3.63) is 24.7 Å². The molecule has 0 aliphatic rings. The molecule has 0 aliphatic heterocycles. The van der Waals surface area contributed by atoms with Gasteiger partial charge in [-0.25, -0.2) is 18.5 Å². The summed E-state index contributed by atoms with van der Waals surface area (Å²) in [5.74, 6) is 0. The molecule has 2 heterocycles. The molecule has 17 heavy (non-hydrogen) atoms. The zero-order valence-corrected chi connectivity index (χ0v) is 10.4. The van der Waals surface area contributed by atoms with E-state index in [1.807, 2.05) is 12.3 Å². The van der Waals surface area contributed by atoms with Gasteiger partial charge in [-0.3, -0.25) is 4.68 Å². The van der Waals surface area contributed by atoms with E-state index in [0.29, 0.717) is 18.2 Å². The maximum Gasteiger partial charge on any atom is 0.249 e. The second-order valence-corrected chi connectivity index (χ2v) is 6.04. The molecule has 0 saturated carbocycles. The Bertz CT molecular complexity index is 575. The van der Waals surface area contributed by atoms with Crippen LogP contribution in [-0.4, -0.2) is 29.7 Å². The second kappa shape index (κ2) is 4.82. The van der Waals surface area contributed by atoms with Crippen molar-refractivity contribution in [2.75, 3.05) is 11.9 Å². The Kier molecular flexibility index (Phi) is 3.41. The van der Waals surface area contributed by atoms with Crippen LogP contribution in [0.2, 0.25) is 0 Å². The summed E-state index contributed by atoms with van der Waals surface area (Å²) < 4.78 is 23.8. The van der Waals surface area contributed by atoms with E-state index in [9.17, 15) is 8.42 Å². The van der Waals surface area contributed by atoms with Crippen LogP contribution in [0, 0.1) is 0 Å². The van der Waals surface area contributed by atoms with Crippen LogP contribution >= 0.6 is 11.3 Å². The van der Waals surface area contributed by atoms with Gasteiger partial charge in [0.25, 0.3) is 0 Å². The second-order valence-electron chi connectivity index (χ2n) is 3.23. The van der Waals surface area contributed by atoms with Crippen molar-refractivity contribution < 1.29 is 8.42 Å². The van der Waals surface area contributed by atoms with Gasteiger partial charge in [-0.1, -0.05) is 11.3 Å². The molecule has 0 aliphatic carbocycles. The molecule has 0 unspecified atom stereocenters. The Balaban J connectivity index is 1.90. The van der Waals surface area contributed by atoms with E-state index in [4.69, 9.17) is 5.14 Å². The van der Waals surface area contributed by atoms with Gasteiger partial charge >= 0.3 is 0 Å².